The molecule has 5 heteroatoms. The van der Waals surface area contributed by atoms with Gasteiger partial charge in [0.05, 0.1) is 19.6 Å². The maximum absolute atomic E-state index is 12.3. The molecule has 0 radical (unpaired) electrons. The van der Waals surface area contributed by atoms with Gasteiger partial charge >= 0.3 is 5.97 Å². The lowest BCUT2D eigenvalue weighted by atomic mass is 10.0. The fraction of sp³-hybridized carbons (Fsp3) is 0.222. The molecular weight excluding hydrogens is 294 g/mol. The van der Waals surface area contributed by atoms with Crippen molar-refractivity contribution in [1.82, 2.24) is 5.32 Å². The second-order valence-electron chi connectivity index (χ2n) is 5.26. The van der Waals surface area contributed by atoms with E-state index >= 15 is 0 Å². The van der Waals surface area contributed by atoms with Crippen LogP contribution in [0.2, 0.25) is 0 Å². The van der Waals surface area contributed by atoms with E-state index in [0.29, 0.717) is 16.9 Å². The van der Waals surface area contributed by atoms with Crippen molar-refractivity contribution in [3.05, 3.63) is 65.2 Å². The van der Waals surface area contributed by atoms with E-state index in [1.165, 1.54) is 0 Å². The molecule has 0 saturated heterocycles. The largest absolute Gasteiger partial charge is 0.497 e. The van der Waals surface area contributed by atoms with Gasteiger partial charge in [-0.15, -0.1) is 0 Å². The summed E-state index contributed by atoms with van der Waals surface area (Å²) in [4.78, 5) is 23.4. The summed E-state index contributed by atoms with van der Waals surface area (Å²) >= 11 is 0. The molecule has 2 aromatic carbocycles. The van der Waals surface area contributed by atoms with Crippen molar-refractivity contribution in [3.63, 3.8) is 0 Å². The molecule has 0 saturated carbocycles. The SMILES string of the molecule is COc1ccc(C(CC(=O)O)NC(=O)c2ccc(C)cc2)cc1. The molecule has 2 rings (SSSR count). The molecule has 1 unspecified atom stereocenters. The van der Waals surface area contributed by atoms with Crippen molar-refractivity contribution in [2.45, 2.75) is 19.4 Å². The van der Waals surface area contributed by atoms with Gasteiger partial charge in [-0.3, -0.25) is 9.59 Å². The van der Waals surface area contributed by atoms with Crippen LogP contribution in [0, 0.1) is 6.92 Å². The quantitative estimate of drug-likeness (QED) is 0.859. The van der Waals surface area contributed by atoms with Gasteiger partial charge in [-0.1, -0.05) is 29.8 Å². The zero-order chi connectivity index (χ0) is 16.8. The standard InChI is InChI=1S/C18H19NO4/c1-12-3-5-14(6-4-12)18(22)19-16(11-17(20)21)13-7-9-15(23-2)10-8-13/h3-10,16H,11H2,1-2H3,(H,19,22)(H,20,21). The Bertz CT molecular complexity index is 677. The Morgan fingerprint density at radius 3 is 2.22 bits per heavy atom. The third-order valence-corrected chi connectivity index (χ3v) is 3.52. The summed E-state index contributed by atoms with van der Waals surface area (Å²) in [5.74, 6) is -0.602. The van der Waals surface area contributed by atoms with Gasteiger partial charge in [-0.2, -0.15) is 0 Å². The number of carboxylic acid groups (broad SMARTS) is 1. The zero-order valence-corrected chi connectivity index (χ0v) is 13.1. The van der Waals surface area contributed by atoms with E-state index in [-0.39, 0.29) is 12.3 Å². The molecule has 0 aliphatic rings. The summed E-state index contributed by atoms with van der Waals surface area (Å²) in [5, 5.41) is 11.9. The van der Waals surface area contributed by atoms with Gasteiger partial charge in [0.1, 0.15) is 5.75 Å². The van der Waals surface area contributed by atoms with Crippen molar-refractivity contribution >= 4 is 11.9 Å². The lowest BCUT2D eigenvalue weighted by Gasteiger charge is -2.18. The number of amides is 1. The highest BCUT2D eigenvalue weighted by Crippen LogP contribution is 2.21. The van der Waals surface area contributed by atoms with Crippen molar-refractivity contribution in [2.75, 3.05) is 7.11 Å². The Kier molecular flexibility index (Phi) is 5.36. The number of benzene rings is 2. The van der Waals surface area contributed by atoms with E-state index in [4.69, 9.17) is 9.84 Å². The van der Waals surface area contributed by atoms with Gasteiger partial charge in [0.15, 0.2) is 0 Å². The molecule has 2 N–H and O–H groups in total. The van der Waals surface area contributed by atoms with E-state index in [2.05, 4.69) is 5.32 Å². The highest BCUT2D eigenvalue weighted by molar-refractivity contribution is 5.94. The second-order valence-corrected chi connectivity index (χ2v) is 5.26. The molecule has 5 nitrogen and oxygen atoms in total. The van der Waals surface area contributed by atoms with Crippen LogP contribution in [0.3, 0.4) is 0 Å². The minimum absolute atomic E-state index is 0.191. The Morgan fingerprint density at radius 1 is 1.09 bits per heavy atom. The van der Waals surface area contributed by atoms with Crippen LogP contribution in [-0.4, -0.2) is 24.1 Å². The smallest absolute Gasteiger partial charge is 0.305 e. The third-order valence-electron chi connectivity index (χ3n) is 3.52. The second kappa shape index (κ2) is 7.45. The molecule has 0 aliphatic heterocycles. The van der Waals surface area contributed by atoms with E-state index in [0.717, 1.165) is 5.56 Å². The van der Waals surface area contributed by atoms with Gasteiger partial charge in [0.2, 0.25) is 0 Å². The fourth-order valence-corrected chi connectivity index (χ4v) is 2.21. The number of rotatable bonds is 6. The molecule has 120 valence electrons. The van der Waals surface area contributed by atoms with Crippen LogP contribution in [0.25, 0.3) is 0 Å². The predicted molar refractivity (Wildman–Crippen MR) is 86.6 cm³/mol. The molecule has 0 aliphatic carbocycles. The summed E-state index contributed by atoms with van der Waals surface area (Å²) in [5.41, 5.74) is 2.27. The van der Waals surface area contributed by atoms with E-state index in [9.17, 15) is 9.59 Å². The Morgan fingerprint density at radius 2 is 1.70 bits per heavy atom. The molecule has 23 heavy (non-hydrogen) atoms. The van der Waals surface area contributed by atoms with Gasteiger partial charge in [-0.05, 0) is 36.8 Å². The molecule has 1 amide bonds. The molecule has 2 aromatic rings. The molecule has 0 bridgehead atoms. The Labute approximate surface area is 134 Å². The summed E-state index contributed by atoms with van der Waals surface area (Å²) in [6.07, 6.45) is -0.191. The minimum Gasteiger partial charge on any atom is -0.497 e. The van der Waals surface area contributed by atoms with Gasteiger partial charge < -0.3 is 15.2 Å². The lowest BCUT2D eigenvalue weighted by Crippen LogP contribution is -2.30. The van der Waals surface area contributed by atoms with Crippen LogP contribution in [-0.2, 0) is 4.79 Å². The monoisotopic (exact) mass is 313 g/mol. The first-order valence-corrected chi connectivity index (χ1v) is 7.23. The van der Waals surface area contributed by atoms with Crippen molar-refractivity contribution < 1.29 is 19.4 Å². The fourth-order valence-electron chi connectivity index (χ4n) is 2.21. The molecule has 0 spiro atoms. The number of aryl methyl sites for hydroxylation is 1. The van der Waals surface area contributed by atoms with Crippen LogP contribution >= 0.6 is 0 Å². The maximum atomic E-state index is 12.3. The number of hydrogen-bond donors (Lipinski definition) is 2. The average Bonchev–Trinajstić information content (AvgIpc) is 2.54. The van der Waals surface area contributed by atoms with Crippen LogP contribution in [0.5, 0.6) is 5.75 Å². The minimum atomic E-state index is -0.977. The van der Waals surface area contributed by atoms with Crippen LogP contribution < -0.4 is 10.1 Å². The molecule has 0 aromatic heterocycles. The highest BCUT2D eigenvalue weighted by Gasteiger charge is 2.19. The van der Waals surface area contributed by atoms with Gasteiger partial charge in [0, 0.05) is 5.56 Å². The molecule has 0 heterocycles. The number of carbonyl (C=O) groups is 2. The summed E-state index contributed by atoms with van der Waals surface area (Å²) in [6.45, 7) is 1.94. The average molecular weight is 313 g/mol. The highest BCUT2D eigenvalue weighted by atomic mass is 16.5. The third kappa shape index (κ3) is 4.57. The summed E-state index contributed by atoms with van der Waals surface area (Å²) in [6, 6.07) is 13.5. The summed E-state index contributed by atoms with van der Waals surface area (Å²) in [7, 11) is 1.56. The van der Waals surface area contributed by atoms with Gasteiger partial charge in [-0.25, -0.2) is 0 Å². The zero-order valence-electron chi connectivity index (χ0n) is 13.1. The lowest BCUT2D eigenvalue weighted by molar-refractivity contribution is -0.137. The van der Waals surface area contributed by atoms with Crippen LogP contribution in [0.15, 0.2) is 48.5 Å². The summed E-state index contributed by atoms with van der Waals surface area (Å²) < 4.78 is 5.09. The number of ether oxygens (including phenoxy) is 1. The van der Waals surface area contributed by atoms with E-state index in [1.807, 2.05) is 19.1 Å². The number of carbonyl (C=O) groups excluding carboxylic acids is 1. The molecular formula is C18H19NO4. The molecule has 0 fully saturated rings. The van der Waals surface area contributed by atoms with E-state index in [1.54, 1.807) is 43.5 Å². The number of nitrogens with one attached hydrogen (secondary N) is 1. The molecule has 1 atom stereocenters. The number of aliphatic carboxylic acids is 1. The predicted octanol–water partition coefficient (Wildman–Crippen LogP) is 2.95. The van der Waals surface area contributed by atoms with Crippen molar-refractivity contribution in [1.29, 1.82) is 0 Å². The van der Waals surface area contributed by atoms with Crippen LogP contribution in [0.1, 0.15) is 33.9 Å². The first-order chi connectivity index (χ1) is 11.0. The Balaban J connectivity index is 2.18. The van der Waals surface area contributed by atoms with Crippen molar-refractivity contribution in [2.24, 2.45) is 0 Å². The number of methoxy groups -OCH3 is 1. The first kappa shape index (κ1) is 16.5. The van der Waals surface area contributed by atoms with Gasteiger partial charge in [0.25, 0.3) is 5.91 Å². The topological polar surface area (TPSA) is 75.6 Å². The normalized spacial score (nSPS) is 11.6. The maximum Gasteiger partial charge on any atom is 0.305 e. The van der Waals surface area contributed by atoms with Crippen molar-refractivity contribution in [3.8, 4) is 5.75 Å². The number of hydrogen-bond acceptors (Lipinski definition) is 3. The Hall–Kier alpha value is -2.82. The van der Waals surface area contributed by atoms with E-state index < -0.39 is 12.0 Å². The number of carboxylic acids is 1. The first-order valence-electron chi connectivity index (χ1n) is 7.23. The van der Waals surface area contributed by atoms with Crippen LogP contribution in [0.4, 0.5) is 0 Å².